The van der Waals surface area contributed by atoms with Gasteiger partial charge in [0.05, 0.1) is 5.75 Å². The molecule has 5 heteroatoms. The topological polar surface area (TPSA) is 46.2 Å². The third kappa shape index (κ3) is 7.74. The molecule has 0 aromatic heterocycles. The maximum Gasteiger partial charge on any atom is 0.148 e. The Kier molecular flexibility index (Phi) is 4.60. The lowest BCUT2D eigenvalue weighted by Crippen LogP contribution is -2.33. The second kappa shape index (κ2) is 4.66. The van der Waals surface area contributed by atoms with Crippen LogP contribution >= 0.6 is 0 Å². The van der Waals surface area contributed by atoms with Crippen LogP contribution < -0.4 is 5.32 Å². The van der Waals surface area contributed by atoms with Crippen LogP contribution in [0.5, 0.6) is 0 Å². The predicted molar refractivity (Wildman–Crippen MR) is 43.2 cm³/mol. The van der Waals surface area contributed by atoms with Crippen molar-refractivity contribution in [2.45, 2.75) is 13.0 Å². The summed E-state index contributed by atoms with van der Waals surface area (Å²) in [4.78, 5) is 0. The summed E-state index contributed by atoms with van der Waals surface area (Å²) in [5, 5.41) is 2.73. The highest BCUT2D eigenvalue weighted by atomic mass is 32.2. The summed E-state index contributed by atoms with van der Waals surface area (Å²) in [5.41, 5.74) is 0. The van der Waals surface area contributed by atoms with Crippen molar-refractivity contribution in [3.8, 4) is 0 Å². The highest BCUT2D eigenvalue weighted by Crippen LogP contribution is 1.89. The van der Waals surface area contributed by atoms with Crippen LogP contribution in [-0.2, 0) is 9.84 Å². The number of halogens is 1. The molecule has 1 atom stereocenters. The molecular formula is C6H14FNO2S. The molecule has 0 aromatic rings. The van der Waals surface area contributed by atoms with Crippen molar-refractivity contribution >= 4 is 9.84 Å². The van der Waals surface area contributed by atoms with Crippen LogP contribution in [0, 0.1) is 0 Å². The minimum atomic E-state index is -2.94. The average molecular weight is 183 g/mol. The van der Waals surface area contributed by atoms with Gasteiger partial charge in [-0.05, 0) is 6.92 Å². The van der Waals surface area contributed by atoms with Gasteiger partial charge in [-0.2, -0.15) is 0 Å². The molecular weight excluding hydrogens is 169 g/mol. The lowest BCUT2D eigenvalue weighted by Gasteiger charge is -2.09. The van der Waals surface area contributed by atoms with E-state index in [1.54, 1.807) is 6.92 Å². The fourth-order valence-electron chi connectivity index (χ4n) is 0.814. The number of nitrogens with one attached hydrogen (secondary N) is 1. The van der Waals surface area contributed by atoms with Crippen molar-refractivity contribution in [1.82, 2.24) is 5.32 Å². The van der Waals surface area contributed by atoms with E-state index in [-0.39, 0.29) is 18.3 Å². The Labute approximate surface area is 66.9 Å². The van der Waals surface area contributed by atoms with E-state index < -0.39 is 16.5 Å². The third-order valence-corrected chi connectivity index (χ3v) is 2.25. The van der Waals surface area contributed by atoms with Crippen molar-refractivity contribution < 1.29 is 12.8 Å². The van der Waals surface area contributed by atoms with E-state index in [1.165, 1.54) is 6.26 Å². The van der Waals surface area contributed by atoms with Gasteiger partial charge < -0.3 is 5.32 Å². The molecule has 0 amide bonds. The predicted octanol–water partition coefficient (Wildman–Crippen LogP) is -0.0214. The molecule has 0 aliphatic heterocycles. The molecule has 0 fully saturated rings. The monoisotopic (exact) mass is 183 g/mol. The van der Waals surface area contributed by atoms with Crippen molar-refractivity contribution in [2.24, 2.45) is 0 Å². The summed E-state index contributed by atoms with van der Waals surface area (Å²) in [7, 11) is -2.94. The number of sulfone groups is 1. The molecule has 0 aliphatic carbocycles. The molecule has 1 N–H and O–H groups in total. The van der Waals surface area contributed by atoms with Crippen LogP contribution in [0.4, 0.5) is 4.39 Å². The second-order valence-electron chi connectivity index (χ2n) is 2.64. The Hall–Kier alpha value is -0.160. The Balaban J connectivity index is 3.61. The summed E-state index contributed by atoms with van der Waals surface area (Å²) < 4.78 is 32.9. The summed E-state index contributed by atoms with van der Waals surface area (Å²) in [6.07, 6.45) is 1.17. The van der Waals surface area contributed by atoms with Crippen molar-refractivity contribution in [3.05, 3.63) is 0 Å². The van der Waals surface area contributed by atoms with E-state index in [4.69, 9.17) is 0 Å². The molecule has 11 heavy (non-hydrogen) atoms. The fourth-order valence-corrected chi connectivity index (χ4v) is 1.84. The number of hydrogen-bond acceptors (Lipinski definition) is 3. The first-order valence-corrected chi connectivity index (χ1v) is 5.49. The molecule has 0 saturated carbocycles. The number of rotatable bonds is 5. The standard InChI is InChI=1S/C6H14FNO2S/c1-6(8-4-3-7)5-11(2,9)10/h6,8H,3-5H2,1-2H3. The minimum Gasteiger partial charge on any atom is -0.311 e. The van der Waals surface area contributed by atoms with Gasteiger partial charge in [-0.3, -0.25) is 0 Å². The van der Waals surface area contributed by atoms with Crippen LogP contribution in [0.3, 0.4) is 0 Å². The van der Waals surface area contributed by atoms with Gasteiger partial charge in [0.25, 0.3) is 0 Å². The zero-order chi connectivity index (χ0) is 8.91. The third-order valence-electron chi connectivity index (χ3n) is 1.14. The first-order valence-electron chi connectivity index (χ1n) is 3.43. The van der Waals surface area contributed by atoms with Gasteiger partial charge in [0.15, 0.2) is 0 Å². The highest BCUT2D eigenvalue weighted by Gasteiger charge is 2.08. The van der Waals surface area contributed by atoms with Crippen LogP contribution in [0.1, 0.15) is 6.92 Å². The van der Waals surface area contributed by atoms with Crippen LogP contribution in [0.15, 0.2) is 0 Å². The molecule has 0 aliphatic rings. The normalized spacial score (nSPS) is 14.8. The van der Waals surface area contributed by atoms with Gasteiger partial charge in [-0.15, -0.1) is 0 Å². The quantitative estimate of drug-likeness (QED) is 0.651. The summed E-state index contributed by atoms with van der Waals surface area (Å²) in [6, 6.07) is -0.166. The lowest BCUT2D eigenvalue weighted by atomic mass is 10.4. The van der Waals surface area contributed by atoms with Gasteiger partial charge in [-0.1, -0.05) is 0 Å². The molecule has 0 rings (SSSR count). The first kappa shape index (κ1) is 10.8. The summed E-state index contributed by atoms with van der Waals surface area (Å²) >= 11 is 0. The molecule has 0 radical (unpaired) electrons. The van der Waals surface area contributed by atoms with E-state index in [1.807, 2.05) is 0 Å². The van der Waals surface area contributed by atoms with Gasteiger partial charge in [0.1, 0.15) is 16.5 Å². The molecule has 1 unspecified atom stereocenters. The number of hydrogen-bond donors (Lipinski definition) is 1. The maximum atomic E-state index is 11.6. The van der Waals surface area contributed by atoms with Gasteiger partial charge in [0.2, 0.25) is 0 Å². The molecule has 0 aromatic carbocycles. The van der Waals surface area contributed by atoms with Crippen molar-refractivity contribution in [3.63, 3.8) is 0 Å². The summed E-state index contributed by atoms with van der Waals surface area (Å²) in [5.74, 6) is 0.0625. The Morgan fingerprint density at radius 3 is 2.45 bits per heavy atom. The average Bonchev–Trinajstić information content (AvgIpc) is 1.79. The lowest BCUT2D eigenvalue weighted by molar-refractivity contribution is 0.448. The molecule has 3 nitrogen and oxygen atoms in total. The molecule has 0 saturated heterocycles. The summed E-state index contributed by atoms with van der Waals surface area (Å²) in [6.45, 7) is 1.47. The largest absolute Gasteiger partial charge is 0.311 e. The SMILES string of the molecule is CC(CS(C)(=O)=O)NCCF. The molecule has 0 bridgehead atoms. The zero-order valence-electron chi connectivity index (χ0n) is 6.80. The van der Waals surface area contributed by atoms with Crippen LogP contribution in [0.25, 0.3) is 0 Å². The van der Waals surface area contributed by atoms with Crippen molar-refractivity contribution in [1.29, 1.82) is 0 Å². The zero-order valence-corrected chi connectivity index (χ0v) is 7.62. The molecule has 0 heterocycles. The van der Waals surface area contributed by atoms with Gasteiger partial charge >= 0.3 is 0 Å². The second-order valence-corrected chi connectivity index (χ2v) is 4.82. The van der Waals surface area contributed by atoms with E-state index in [9.17, 15) is 12.8 Å². The Morgan fingerprint density at radius 1 is 1.55 bits per heavy atom. The van der Waals surface area contributed by atoms with Crippen LogP contribution in [0.2, 0.25) is 0 Å². The first-order chi connectivity index (χ1) is 4.95. The molecule has 68 valence electrons. The number of alkyl halides is 1. The minimum absolute atomic E-state index is 0.0625. The molecule has 0 spiro atoms. The van der Waals surface area contributed by atoms with E-state index in [0.717, 1.165) is 0 Å². The Morgan fingerprint density at radius 2 is 2.09 bits per heavy atom. The van der Waals surface area contributed by atoms with Gasteiger partial charge in [0, 0.05) is 18.8 Å². The van der Waals surface area contributed by atoms with E-state index >= 15 is 0 Å². The highest BCUT2D eigenvalue weighted by molar-refractivity contribution is 7.90. The van der Waals surface area contributed by atoms with E-state index in [0.29, 0.717) is 0 Å². The maximum absolute atomic E-state index is 11.6. The van der Waals surface area contributed by atoms with E-state index in [2.05, 4.69) is 5.32 Å². The van der Waals surface area contributed by atoms with Crippen LogP contribution in [-0.4, -0.2) is 39.7 Å². The Bertz CT molecular complexity index is 191. The van der Waals surface area contributed by atoms with Crippen molar-refractivity contribution in [2.75, 3.05) is 25.2 Å². The van der Waals surface area contributed by atoms with Gasteiger partial charge in [-0.25, -0.2) is 12.8 Å². The fraction of sp³-hybridized carbons (Fsp3) is 1.00. The smallest absolute Gasteiger partial charge is 0.148 e.